The van der Waals surface area contributed by atoms with Crippen LogP contribution in [0.3, 0.4) is 0 Å². The van der Waals surface area contributed by atoms with Crippen molar-refractivity contribution < 1.29 is 14.7 Å². The van der Waals surface area contributed by atoms with Gasteiger partial charge < -0.3 is 5.11 Å². The summed E-state index contributed by atoms with van der Waals surface area (Å²) in [4.78, 5) is 26.4. The fraction of sp³-hybridized carbons (Fsp3) is 0. The van der Waals surface area contributed by atoms with Gasteiger partial charge in [0.15, 0.2) is 0 Å². The summed E-state index contributed by atoms with van der Waals surface area (Å²) in [7, 11) is 0. The molecule has 0 radical (unpaired) electrons. The minimum absolute atomic E-state index is 0.0556. The zero-order valence-corrected chi connectivity index (χ0v) is 18.0. The molecule has 1 N–H and O–H groups in total. The lowest BCUT2D eigenvalue weighted by atomic mass is 10.1. The first-order valence-corrected chi connectivity index (χ1v) is 10.5. The van der Waals surface area contributed by atoms with Gasteiger partial charge in [0.25, 0.3) is 11.1 Å². The maximum Gasteiger partial charge on any atom is 0.298 e. The monoisotopic (exact) mass is 469 g/mol. The van der Waals surface area contributed by atoms with E-state index in [1.807, 2.05) is 0 Å². The number of phenolic OH excluding ortho intramolecular Hbond substituents is 1. The van der Waals surface area contributed by atoms with E-state index in [1.54, 1.807) is 60.7 Å². The van der Waals surface area contributed by atoms with E-state index in [1.165, 1.54) is 12.1 Å². The Balaban J connectivity index is 1.61. The van der Waals surface area contributed by atoms with E-state index in [9.17, 15) is 14.7 Å². The Hall–Kier alpha value is -3.13. The van der Waals surface area contributed by atoms with Gasteiger partial charge in [0.05, 0.1) is 22.0 Å². The Morgan fingerprint density at radius 3 is 2.29 bits per heavy atom. The molecule has 154 valence electrons. The lowest BCUT2D eigenvalue weighted by molar-refractivity contribution is -0.113. The number of azo groups is 1. The van der Waals surface area contributed by atoms with Crippen molar-refractivity contribution in [2.24, 2.45) is 10.2 Å². The van der Waals surface area contributed by atoms with E-state index in [0.29, 0.717) is 32.7 Å². The third-order valence-corrected chi connectivity index (χ3v) is 5.62. The van der Waals surface area contributed by atoms with Crippen LogP contribution in [-0.4, -0.2) is 16.3 Å². The molecule has 1 aliphatic heterocycles. The maximum absolute atomic E-state index is 12.8. The first-order valence-electron chi connectivity index (χ1n) is 8.94. The lowest BCUT2D eigenvalue weighted by Crippen LogP contribution is -2.27. The Morgan fingerprint density at radius 1 is 0.871 bits per heavy atom. The Morgan fingerprint density at radius 2 is 1.58 bits per heavy atom. The fourth-order valence-electron chi connectivity index (χ4n) is 2.80. The van der Waals surface area contributed by atoms with Crippen molar-refractivity contribution in [3.8, 4) is 5.75 Å². The van der Waals surface area contributed by atoms with Crippen LogP contribution in [0.25, 0.3) is 6.08 Å². The molecule has 1 aliphatic rings. The molecule has 0 saturated carbocycles. The molecule has 0 unspecified atom stereocenters. The number of hydrogen-bond acceptors (Lipinski definition) is 6. The van der Waals surface area contributed by atoms with E-state index < -0.39 is 11.1 Å². The summed E-state index contributed by atoms with van der Waals surface area (Å²) in [5, 5.41) is 19.1. The van der Waals surface area contributed by atoms with Gasteiger partial charge in [0.1, 0.15) is 5.75 Å². The summed E-state index contributed by atoms with van der Waals surface area (Å²) in [5.74, 6) is -0.539. The van der Waals surface area contributed by atoms with E-state index in [4.69, 9.17) is 23.2 Å². The van der Waals surface area contributed by atoms with Gasteiger partial charge in [0.2, 0.25) is 0 Å². The van der Waals surface area contributed by atoms with Crippen molar-refractivity contribution in [2.45, 2.75) is 0 Å². The number of thioether (sulfide) groups is 1. The molecule has 3 aromatic carbocycles. The zero-order chi connectivity index (χ0) is 22.0. The number of carbonyl (C=O) groups is 2. The molecular formula is C22H13Cl2N3O3S. The second kappa shape index (κ2) is 8.93. The second-order valence-corrected chi connectivity index (χ2v) is 8.28. The van der Waals surface area contributed by atoms with Crippen LogP contribution in [0.2, 0.25) is 10.0 Å². The molecule has 4 rings (SSSR count). The highest BCUT2D eigenvalue weighted by molar-refractivity contribution is 8.19. The molecule has 0 aromatic heterocycles. The highest BCUT2D eigenvalue weighted by Crippen LogP contribution is 2.37. The van der Waals surface area contributed by atoms with Crippen molar-refractivity contribution >= 4 is 69.2 Å². The number of carbonyl (C=O) groups excluding carboxylic acids is 2. The van der Waals surface area contributed by atoms with E-state index >= 15 is 0 Å². The largest absolute Gasteiger partial charge is 0.507 e. The van der Waals surface area contributed by atoms with Crippen molar-refractivity contribution in [3.63, 3.8) is 0 Å². The Bertz CT molecular complexity index is 1240. The van der Waals surface area contributed by atoms with Gasteiger partial charge in [0, 0.05) is 15.6 Å². The SMILES string of the molecule is O=C1S/C(=C\c2cc(N=Nc3cccc(Cl)c3)ccc2O)C(=O)N1c1ccc(Cl)cc1. The smallest absolute Gasteiger partial charge is 0.298 e. The van der Waals surface area contributed by atoms with Gasteiger partial charge >= 0.3 is 0 Å². The number of halogens is 2. The molecule has 2 amide bonds. The number of benzene rings is 3. The molecule has 0 atom stereocenters. The normalized spacial score (nSPS) is 15.4. The van der Waals surface area contributed by atoms with Gasteiger partial charge in [-0.1, -0.05) is 29.3 Å². The molecule has 9 heteroatoms. The standard InChI is InChI=1S/C22H13Cl2N3O3S/c23-14-4-7-18(8-5-14)27-21(29)20(31-22(27)30)11-13-10-17(6-9-19(13)28)26-25-16-3-1-2-15(24)12-16/h1-12,28H/b20-11-,26-25?. The molecular weight excluding hydrogens is 457 g/mol. The summed E-state index contributed by atoms with van der Waals surface area (Å²) >= 11 is 12.6. The molecule has 1 heterocycles. The maximum atomic E-state index is 12.8. The lowest BCUT2D eigenvalue weighted by Gasteiger charge is -2.12. The van der Waals surface area contributed by atoms with Crippen LogP contribution < -0.4 is 4.90 Å². The van der Waals surface area contributed by atoms with Crippen LogP contribution in [0.4, 0.5) is 21.9 Å². The predicted octanol–water partition coefficient (Wildman–Crippen LogP) is 7.36. The summed E-state index contributed by atoms with van der Waals surface area (Å²) < 4.78 is 0. The van der Waals surface area contributed by atoms with Gasteiger partial charge in [-0.15, -0.1) is 0 Å². The first-order chi connectivity index (χ1) is 14.9. The van der Waals surface area contributed by atoms with E-state index in [0.717, 1.165) is 16.7 Å². The Kier molecular flexibility index (Phi) is 6.08. The van der Waals surface area contributed by atoms with Crippen LogP contribution >= 0.6 is 35.0 Å². The summed E-state index contributed by atoms with van der Waals surface area (Å²) in [5.41, 5.74) is 1.79. The molecule has 6 nitrogen and oxygen atoms in total. The van der Waals surface area contributed by atoms with Crippen molar-refractivity contribution in [1.29, 1.82) is 0 Å². The van der Waals surface area contributed by atoms with Gasteiger partial charge in [-0.2, -0.15) is 10.2 Å². The second-order valence-electron chi connectivity index (χ2n) is 6.42. The zero-order valence-electron chi connectivity index (χ0n) is 15.7. The van der Waals surface area contributed by atoms with Crippen LogP contribution in [0, 0.1) is 0 Å². The van der Waals surface area contributed by atoms with Crippen LogP contribution in [0.1, 0.15) is 5.56 Å². The number of amides is 2. The number of anilines is 1. The summed E-state index contributed by atoms with van der Waals surface area (Å²) in [6.07, 6.45) is 1.45. The van der Waals surface area contributed by atoms with Gasteiger partial charge in [-0.3, -0.25) is 9.59 Å². The average molecular weight is 470 g/mol. The summed E-state index contributed by atoms with van der Waals surface area (Å²) in [6, 6.07) is 17.9. The van der Waals surface area contributed by atoms with Crippen LogP contribution in [-0.2, 0) is 4.79 Å². The number of rotatable bonds is 4. The van der Waals surface area contributed by atoms with Crippen LogP contribution in [0.15, 0.2) is 81.9 Å². The number of nitrogens with zero attached hydrogens (tertiary/aromatic N) is 3. The van der Waals surface area contributed by atoms with E-state index in [-0.39, 0.29) is 10.7 Å². The molecule has 0 aliphatic carbocycles. The third kappa shape index (κ3) is 4.80. The minimum atomic E-state index is -0.484. The average Bonchev–Trinajstić information content (AvgIpc) is 3.02. The predicted molar refractivity (Wildman–Crippen MR) is 124 cm³/mol. The van der Waals surface area contributed by atoms with Crippen molar-refractivity contribution in [1.82, 2.24) is 0 Å². The highest BCUT2D eigenvalue weighted by atomic mass is 35.5. The number of imide groups is 1. The summed E-state index contributed by atoms with van der Waals surface area (Å²) in [6.45, 7) is 0. The fourth-order valence-corrected chi connectivity index (χ4v) is 3.94. The molecule has 0 spiro atoms. The molecule has 1 fully saturated rings. The molecule has 1 saturated heterocycles. The van der Waals surface area contributed by atoms with Crippen molar-refractivity contribution in [2.75, 3.05) is 4.90 Å². The quantitative estimate of drug-likeness (QED) is 0.319. The van der Waals surface area contributed by atoms with Gasteiger partial charge in [-0.25, -0.2) is 4.90 Å². The number of hydrogen-bond donors (Lipinski definition) is 1. The van der Waals surface area contributed by atoms with E-state index in [2.05, 4.69) is 10.2 Å². The first kappa shape index (κ1) is 21.1. The van der Waals surface area contributed by atoms with Crippen molar-refractivity contribution in [3.05, 3.63) is 87.2 Å². The molecule has 3 aromatic rings. The molecule has 31 heavy (non-hydrogen) atoms. The van der Waals surface area contributed by atoms with Crippen LogP contribution in [0.5, 0.6) is 5.75 Å². The minimum Gasteiger partial charge on any atom is -0.507 e. The molecule has 0 bridgehead atoms. The highest BCUT2D eigenvalue weighted by Gasteiger charge is 2.36. The van der Waals surface area contributed by atoms with Gasteiger partial charge in [-0.05, 0) is 78.5 Å². The topological polar surface area (TPSA) is 82.3 Å². The third-order valence-electron chi connectivity index (χ3n) is 4.27. The number of aromatic hydroxyl groups is 1. The Labute approximate surface area is 191 Å². The number of phenols is 1.